The molecular weight excluding hydrogens is 539 g/mol. The summed E-state index contributed by atoms with van der Waals surface area (Å²) in [5.74, 6) is -0.645. The largest absolute Gasteiger partial charge is 0.493 e. The molecule has 0 radical (unpaired) electrons. The van der Waals surface area contributed by atoms with E-state index in [9.17, 15) is 14.4 Å². The smallest absolute Gasteiger partial charge is 0.338 e. The average molecular weight is 561 g/mol. The fourth-order valence-electron chi connectivity index (χ4n) is 3.98. The number of benzene rings is 2. The Balaban J connectivity index is 1.98. The number of thiazole rings is 1. The first kappa shape index (κ1) is 26.7. The van der Waals surface area contributed by atoms with Crippen LogP contribution in [0.25, 0.3) is 6.08 Å². The number of methoxy groups -OCH3 is 1. The highest BCUT2D eigenvalue weighted by molar-refractivity contribution is 7.07. The number of carbonyl (C=O) groups excluding carboxylic acids is 2. The zero-order valence-corrected chi connectivity index (χ0v) is 22.7. The lowest BCUT2D eigenvalue weighted by Crippen LogP contribution is -2.40. The van der Waals surface area contributed by atoms with Gasteiger partial charge in [-0.05, 0) is 49.8 Å². The summed E-state index contributed by atoms with van der Waals surface area (Å²) in [5.41, 5.74) is 1.27. The number of halogens is 2. The number of fused-ring (bicyclic) bond motifs is 1. The number of carbonyl (C=O) groups is 2. The minimum Gasteiger partial charge on any atom is -0.493 e. The van der Waals surface area contributed by atoms with Crippen molar-refractivity contribution in [3.8, 4) is 11.5 Å². The number of nitrogens with zero attached hydrogens (tertiary/aromatic N) is 2. The van der Waals surface area contributed by atoms with E-state index in [0.717, 1.165) is 11.3 Å². The van der Waals surface area contributed by atoms with Gasteiger partial charge < -0.3 is 14.2 Å². The predicted molar refractivity (Wildman–Crippen MR) is 141 cm³/mol. The molecule has 1 aliphatic rings. The predicted octanol–water partition coefficient (Wildman–Crippen LogP) is 4.04. The third-order valence-corrected chi connectivity index (χ3v) is 7.19. The molecule has 0 saturated carbocycles. The van der Waals surface area contributed by atoms with Crippen molar-refractivity contribution in [2.75, 3.05) is 13.7 Å². The Morgan fingerprint density at radius 1 is 1.16 bits per heavy atom. The van der Waals surface area contributed by atoms with Crippen molar-refractivity contribution >= 4 is 52.6 Å². The SMILES string of the molecule is CCOC(=O)C1=C(C)N=c2s/c(=C/c3c(Cl)cccc3Cl)c(=O)n2[C@@H]1c1ccc(OC(C)=O)c(OC)c1. The zero-order chi connectivity index (χ0) is 26.9. The lowest BCUT2D eigenvalue weighted by Gasteiger charge is -2.25. The molecule has 37 heavy (non-hydrogen) atoms. The van der Waals surface area contributed by atoms with E-state index in [1.807, 2.05) is 0 Å². The monoisotopic (exact) mass is 560 g/mol. The molecule has 1 aromatic heterocycles. The van der Waals surface area contributed by atoms with Crippen LogP contribution in [0.15, 0.2) is 57.5 Å². The van der Waals surface area contributed by atoms with Gasteiger partial charge in [0.15, 0.2) is 16.3 Å². The highest BCUT2D eigenvalue weighted by atomic mass is 35.5. The molecule has 2 heterocycles. The van der Waals surface area contributed by atoms with Crippen LogP contribution in [0.5, 0.6) is 11.5 Å². The van der Waals surface area contributed by atoms with E-state index >= 15 is 0 Å². The van der Waals surface area contributed by atoms with Crippen LogP contribution in [0, 0.1) is 0 Å². The molecule has 11 heteroatoms. The van der Waals surface area contributed by atoms with E-state index in [0.29, 0.717) is 36.2 Å². The van der Waals surface area contributed by atoms with E-state index < -0.39 is 18.0 Å². The number of ether oxygens (including phenoxy) is 3. The molecular formula is C26H22Cl2N2O6S. The van der Waals surface area contributed by atoms with Gasteiger partial charge in [-0.3, -0.25) is 14.2 Å². The van der Waals surface area contributed by atoms with Crippen molar-refractivity contribution in [1.29, 1.82) is 0 Å². The minimum absolute atomic E-state index is 0.145. The average Bonchev–Trinajstić information content (AvgIpc) is 3.15. The quantitative estimate of drug-likeness (QED) is 0.333. The van der Waals surface area contributed by atoms with E-state index in [4.69, 9.17) is 37.4 Å². The molecule has 0 aliphatic carbocycles. The molecule has 4 rings (SSSR count). The first-order valence-electron chi connectivity index (χ1n) is 11.2. The van der Waals surface area contributed by atoms with E-state index in [2.05, 4.69) is 4.99 Å². The second kappa shape index (κ2) is 10.9. The maximum atomic E-state index is 13.7. The Kier molecular flexibility index (Phi) is 7.87. The summed E-state index contributed by atoms with van der Waals surface area (Å²) in [5, 5.41) is 0.785. The van der Waals surface area contributed by atoms with Gasteiger partial charge in [0.05, 0.1) is 35.6 Å². The summed E-state index contributed by atoms with van der Waals surface area (Å²) in [6.07, 6.45) is 1.61. The van der Waals surface area contributed by atoms with Crippen molar-refractivity contribution in [3.63, 3.8) is 0 Å². The van der Waals surface area contributed by atoms with Crippen LogP contribution in [-0.2, 0) is 14.3 Å². The number of rotatable bonds is 6. The van der Waals surface area contributed by atoms with Gasteiger partial charge in [0.25, 0.3) is 5.56 Å². The maximum absolute atomic E-state index is 13.7. The summed E-state index contributed by atoms with van der Waals surface area (Å²) >= 11 is 13.8. The van der Waals surface area contributed by atoms with E-state index in [1.165, 1.54) is 18.6 Å². The first-order valence-corrected chi connectivity index (χ1v) is 12.7. The number of hydrogen-bond acceptors (Lipinski definition) is 8. The molecule has 1 aliphatic heterocycles. The van der Waals surface area contributed by atoms with Crippen LogP contribution in [-0.4, -0.2) is 30.2 Å². The van der Waals surface area contributed by atoms with Crippen molar-refractivity contribution in [2.45, 2.75) is 26.8 Å². The lowest BCUT2D eigenvalue weighted by atomic mass is 9.95. The van der Waals surface area contributed by atoms with Crippen molar-refractivity contribution < 1.29 is 23.8 Å². The number of esters is 2. The summed E-state index contributed by atoms with van der Waals surface area (Å²) in [6.45, 7) is 4.81. The molecule has 2 aromatic carbocycles. The van der Waals surface area contributed by atoms with E-state index in [1.54, 1.807) is 56.3 Å². The molecule has 1 atom stereocenters. The molecule has 0 saturated heterocycles. The summed E-state index contributed by atoms with van der Waals surface area (Å²) in [4.78, 5) is 43.3. The third kappa shape index (κ3) is 5.20. The van der Waals surface area contributed by atoms with Crippen LogP contribution in [0.3, 0.4) is 0 Å². The molecule has 192 valence electrons. The van der Waals surface area contributed by atoms with Gasteiger partial charge >= 0.3 is 11.9 Å². The number of aromatic nitrogens is 1. The zero-order valence-electron chi connectivity index (χ0n) is 20.3. The second-order valence-corrected chi connectivity index (χ2v) is 9.77. The minimum atomic E-state index is -0.876. The first-order chi connectivity index (χ1) is 17.7. The summed E-state index contributed by atoms with van der Waals surface area (Å²) < 4.78 is 17.7. The van der Waals surface area contributed by atoms with Crippen molar-refractivity contribution in [1.82, 2.24) is 4.57 Å². The van der Waals surface area contributed by atoms with Crippen LogP contribution in [0.2, 0.25) is 10.0 Å². The Bertz CT molecular complexity index is 1600. The van der Waals surface area contributed by atoms with Gasteiger partial charge in [-0.2, -0.15) is 0 Å². The van der Waals surface area contributed by atoms with Crippen LogP contribution < -0.4 is 24.4 Å². The van der Waals surface area contributed by atoms with Gasteiger partial charge in [-0.25, -0.2) is 9.79 Å². The van der Waals surface area contributed by atoms with Gasteiger partial charge in [-0.15, -0.1) is 0 Å². The van der Waals surface area contributed by atoms with Crippen LogP contribution in [0.4, 0.5) is 0 Å². The summed E-state index contributed by atoms with van der Waals surface area (Å²) in [7, 11) is 1.43. The molecule has 8 nitrogen and oxygen atoms in total. The fraction of sp³-hybridized carbons (Fsp3) is 0.231. The van der Waals surface area contributed by atoms with Crippen molar-refractivity contribution in [2.24, 2.45) is 4.99 Å². The standard InChI is InChI=1S/C26H22Cl2N2O6S/c1-5-35-25(33)22-13(2)29-26-30(23(22)15-9-10-19(36-14(3)31)20(11-15)34-4)24(32)21(37-26)12-16-17(27)7-6-8-18(16)28/h6-12,23H,5H2,1-4H3/b21-12+/t23-/m1/s1. The third-order valence-electron chi connectivity index (χ3n) is 5.55. The second-order valence-electron chi connectivity index (χ2n) is 7.94. The number of allylic oxidation sites excluding steroid dienone is 1. The Morgan fingerprint density at radius 3 is 2.49 bits per heavy atom. The normalized spacial score (nSPS) is 15.2. The number of hydrogen-bond donors (Lipinski definition) is 0. The highest BCUT2D eigenvalue weighted by Crippen LogP contribution is 2.36. The molecule has 0 amide bonds. The van der Waals surface area contributed by atoms with Gasteiger partial charge in [0.1, 0.15) is 0 Å². The molecule has 0 spiro atoms. The van der Waals surface area contributed by atoms with E-state index in [-0.39, 0.29) is 29.2 Å². The Labute approximate surface area is 226 Å². The highest BCUT2D eigenvalue weighted by Gasteiger charge is 2.34. The topological polar surface area (TPSA) is 96.2 Å². The van der Waals surface area contributed by atoms with Crippen LogP contribution in [0.1, 0.15) is 37.9 Å². The summed E-state index contributed by atoms with van der Waals surface area (Å²) in [6, 6.07) is 9.02. The maximum Gasteiger partial charge on any atom is 0.338 e. The molecule has 3 aromatic rings. The van der Waals surface area contributed by atoms with Gasteiger partial charge in [0, 0.05) is 22.5 Å². The molecule has 0 unspecified atom stereocenters. The van der Waals surface area contributed by atoms with Crippen LogP contribution >= 0.6 is 34.5 Å². The van der Waals surface area contributed by atoms with Gasteiger partial charge in [0.2, 0.25) is 0 Å². The Hall–Kier alpha value is -3.40. The fourth-order valence-corrected chi connectivity index (χ4v) is 5.51. The van der Waals surface area contributed by atoms with Gasteiger partial charge in [-0.1, -0.05) is 46.7 Å². The van der Waals surface area contributed by atoms with Crippen molar-refractivity contribution in [3.05, 3.63) is 88.5 Å². The lowest BCUT2D eigenvalue weighted by molar-refractivity contribution is -0.139. The molecule has 0 bridgehead atoms. The molecule has 0 N–H and O–H groups in total. The molecule has 0 fully saturated rings. The Morgan fingerprint density at radius 2 is 1.86 bits per heavy atom.